The van der Waals surface area contributed by atoms with Crippen LogP contribution >= 0.6 is 0 Å². The highest BCUT2D eigenvalue weighted by atomic mass is 15.3. The normalized spacial score (nSPS) is 28.3. The Hall–Kier alpha value is -0.590. The Morgan fingerprint density at radius 1 is 1.23 bits per heavy atom. The van der Waals surface area contributed by atoms with E-state index in [0.717, 1.165) is 45.6 Å². The van der Waals surface area contributed by atoms with Crippen molar-refractivity contribution in [3.8, 4) is 0 Å². The molecule has 2 aliphatic rings. The predicted octanol–water partition coefficient (Wildman–Crippen LogP) is 0.686. The van der Waals surface area contributed by atoms with Crippen LogP contribution in [0.5, 0.6) is 0 Å². The summed E-state index contributed by atoms with van der Waals surface area (Å²) < 4.78 is 0. The lowest BCUT2D eigenvalue weighted by atomic mass is 10.2. The van der Waals surface area contributed by atoms with E-state index in [1.54, 1.807) is 0 Å². The lowest BCUT2D eigenvalue weighted by Crippen LogP contribution is -2.47. The van der Waals surface area contributed by atoms with Crippen molar-refractivity contribution in [2.45, 2.75) is 18.4 Å². The molecule has 0 aromatic carbocycles. The van der Waals surface area contributed by atoms with E-state index >= 15 is 0 Å². The van der Waals surface area contributed by atoms with Gasteiger partial charge in [-0.05, 0) is 7.05 Å². The molecule has 1 heterocycles. The molecule has 0 aromatic heterocycles. The highest BCUT2D eigenvalue weighted by molar-refractivity contribution is 5.13. The predicted molar refractivity (Wildman–Crippen MR) is 52.5 cm³/mol. The van der Waals surface area contributed by atoms with E-state index in [1.807, 2.05) is 0 Å². The average Bonchev–Trinajstić information content (AvgIpc) is 2.90. The molecule has 1 aliphatic carbocycles. The number of hydrogen-bond donors (Lipinski definition) is 0. The zero-order chi connectivity index (χ0) is 9.31. The largest absolute Gasteiger partial charge is 0.309 e. The fourth-order valence-corrected chi connectivity index (χ4v) is 1.87. The molecule has 0 bridgehead atoms. The number of nitrogens with zero attached hydrogens (tertiary/aromatic N) is 3. The summed E-state index contributed by atoms with van der Waals surface area (Å²) in [5.74, 6) is 0. The zero-order valence-corrected chi connectivity index (χ0v) is 8.29. The molecule has 72 valence electrons. The van der Waals surface area contributed by atoms with Crippen molar-refractivity contribution in [2.24, 2.45) is 0 Å². The fraction of sp³-hybridized carbons (Fsp3) is 0.900. The van der Waals surface area contributed by atoms with Crippen LogP contribution in [0.4, 0.5) is 0 Å². The zero-order valence-electron chi connectivity index (χ0n) is 8.29. The van der Waals surface area contributed by atoms with Gasteiger partial charge in [0.05, 0.1) is 6.54 Å². The van der Waals surface area contributed by atoms with Gasteiger partial charge in [-0.3, -0.25) is 4.90 Å². The first kappa shape index (κ1) is 8.98. The van der Waals surface area contributed by atoms with Crippen molar-refractivity contribution >= 4 is 0 Å². The Morgan fingerprint density at radius 2 is 1.85 bits per heavy atom. The number of hydrogen-bond acceptors (Lipinski definition) is 2. The standard InChI is InChI=1S/C10H17N3/c1-11-10(3-4-10)9-13-7-5-12(2)6-8-13/h3-9H2,2H3. The summed E-state index contributed by atoms with van der Waals surface area (Å²) in [5.41, 5.74) is 0.0376. The van der Waals surface area contributed by atoms with Gasteiger partial charge in [0.15, 0.2) is 0 Å². The van der Waals surface area contributed by atoms with E-state index in [0.29, 0.717) is 0 Å². The van der Waals surface area contributed by atoms with Crippen molar-refractivity contribution in [3.05, 3.63) is 11.4 Å². The lowest BCUT2D eigenvalue weighted by Gasteiger charge is -2.32. The molecule has 1 saturated carbocycles. The molecule has 2 rings (SSSR count). The molecule has 0 aromatic rings. The molecule has 13 heavy (non-hydrogen) atoms. The van der Waals surface area contributed by atoms with Gasteiger partial charge < -0.3 is 9.74 Å². The molecule has 3 heteroatoms. The van der Waals surface area contributed by atoms with Crippen molar-refractivity contribution < 1.29 is 0 Å². The maximum Gasteiger partial charge on any atom is 0.245 e. The minimum Gasteiger partial charge on any atom is -0.309 e. The van der Waals surface area contributed by atoms with Gasteiger partial charge in [-0.15, -0.1) is 0 Å². The van der Waals surface area contributed by atoms with E-state index in [-0.39, 0.29) is 5.54 Å². The molecule has 0 radical (unpaired) electrons. The Morgan fingerprint density at radius 3 is 2.31 bits per heavy atom. The molecule has 0 atom stereocenters. The van der Waals surface area contributed by atoms with E-state index in [4.69, 9.17) is 6.57 Å². The molecule has 0 N–H and O–H groups in total. The third-order valence-electron chi connectivity index (χ3n) is 3.18. The molecule has 0 spiro atoms. The highest BCUT2D eigenvalue weighted by Crippen LogP contribution is 2.40. The second-order valence-electron chi connectivity index (χ2n) is 4.42. The Balaban J connectivity index is 1.80. The van der Waals surface area contributed by atoms with Crippen LogP contribution < -0.4 is 0 Å². The van der Waals surface area contributed by atoms with Crippen molar-refractivity contribution in [3.63, 3.8) is 0 Å². The Kier molecular flexibility index (Phi) is 2.27. The van der Waals surface area contributed by atoms with Gasteiger partial charge in [-0.1, -0.05) is 0 Å². The monoisotopic (exact) mass is 179 g/mol. The summed E-state index contributed by atoms with van der Waals surface area (Å²) in [6.45, 7) is 12.7. The summed E-state index contributed by atoms with van der Waals surface area (Å²) in [5, 5.41) is 0. The molecule has 3 nitrogen and oxygen atoms in total. The Labute approximate surface area is 80.1 Å². The van der Waals surface area contributed by atoms with Crippen molar-refractivity contribution in [1.29, 1.82) is 0 Å². The third kappa shape index (κ3) is 2.01. The van der Waals surface area contributed by atoms with Crippen LogP contribution in [0.2, 0.25) is 0 Å². The van der Waals surface area contributed by atoms with Gasteiger partial charge in [0.1, 0.15) is 0 Å². The van der Waals surface area contributed by atoms with Crippen LogP contribution in [0.25, 0.3) is 4.85 Å². The quantitative estimate of drug-likeness (QED) is 0.577. The summed E-state index contributed by atoms with van der Waals surface area (Å²) in [7, 11) is 2.17. The van der Waals surface area contributed by atoms with E-state index in [9.17, 15) is 0 Å². The lowest BCUT2D eigenvalue weighted by molar-refractivity contribution is 0.149. The van der Waals surface area contributed by atoms with Crippen LogP contribution in [0.1, 0.15) is 12.8 Å². The van der Waals surface area contributed by atoms with Gasteiger partial charge in [0.25, 0.3) is 0 Å². The molecule has 1 saturated heterocycles. The molecular weight excluding hydrogens is 162 g/mol. The third-order valence-corrected chi connectivity index (χ3v) is 3.18. The van der Waals surface area contributed by atoms with Gasteiger partial charge in [0, 0.05) is 39.0 Å². The molecule has 2 fully saturated rings. The molecule has 1 aliphatic heterocycles. The second kappa shape index (κ2) is 3.28. The van der Waals surface area contributed by atoms with Crippen LogP contribution in [-0.2, 0) is 0 Å². The number of likely N-dealkylation sites (N-methyl/N-ethyl adjacent to an activating group) is 1. The van der Waals surface area contributed by atoms with E-state index in [1.165, 1.54) is 0 Å². The fourth-order valence-electron chi connectivity index (χ4n) is 1.87. The van der Waals surface area contributed by atoms with Crippen molar-refractivity contribution in [2.75, 3.05) is 39.8 Å². The van der Waals surface area contributed by atoms with E-state index < -0.39 is 0 Å². The Bertz CT molecular complexity index is 219. The topological polar surface area (TPSA) is 10.8 Å². The van der Waals surface area contributed by atoms with Gasteiger partial charge in [-0.25, -0.2) is 6.57 Å². The minimum absolute atomic E-state index is 0.0376. The van der Waals surface area contributed by atoms with Crippen LogP contribution in [0.3, 0.4) is 0 Å². The van der Waals surface area contributed by atoms with Crippen LogP contribution in [0.15, 0.2) is 0 Å². The first-order chi connectivity index (χ1) is 6.24. The molecule has 0 unspecified atom stereocenters. The minimum atomic E-state index is 0.0376. The molecule has 0 amide bonds. The number of piperazine rings is 1. The molecular formula is C10H17N3. The first-order valence-corrected chi connectivity index (χ1v) is 5.04. The highest BCUT2D eigenvalue weighted by Gasteiger charge is 2.51. The second-order valence-corrected chi connectivity index (χ2v) is 4.42. The van der Waals surface area contributed by atoms with E-state index in [2.05, 4.69) is 21.7 Å². The SMILES string of the molecule is [C-]#[N+]C1(CN2CCN(C)CC2)CC1. The smallest absolute Gasteiger partial charge is 0.245 e. The van der Waals surface area contributed by atoms with Gasteiger partial charge in [0.2, 0.25) is 5.54 Å². The first-order valence-electron chi connectivity index (χ1n) is 5.04. The van der Waals surface area contributed by atoms with Gasteiger partial charge in [-0.2, -0.15) is 0 Å². The van der Waals surface area contributed by atoms with Crippen LogP contribution in [0, 0.1) is 6.57 Å². The van der Waals surface area contributed by atoms with Crippen LogP contribution in [-0.4, -0.2) is 55.1 Å². The maximum absolute atomic E-state index is 7.11. The van der Waals surface area contributed by atoms with Crippen molar-refractivity contribution in [1.82, 2.24) is 9.80 Å². The summed E-state index contributed by atoms with van der Waals surface area (Å²) in [4.78, 5) is 8.54. The van der Waals surface area contributed by atoms with Gasteiger partial charge >= 0.3 is 0 Å². The maximum atomic E-state index is 7.11. The number of rotatable bonds is 2. The summed E-state index contributed by atoms with van der Waals surface area (Å²) in [6, 6.07) is 0. The summed E-state index contributed by atoms with van der Waals surface area (Å²) in [6.07, 6.45) is 2.26. The average molecular weight is 179 g/mol. The summed E-state index contributed by atoms with van der Waals surface area (Å²) >= 11 is 0.